The molecular formula is C14H19NO2. The van der Waals surface area contributed by atoms with Crippen LogP contribution in [-0.2, 0) is 9.53 Å². The zero-order valence-corrected chi connectivity index (χ0v) is 10.3. The fraction of sp³-hybridized carbons (Fsp3) is 0.500. The van der Waals surface area contributed by atoms with Gasteiger partial charge in [-0.3, -0.25) is 4.90 Å². The van der Waals surface area contributed by atoms with Crippen LogP contribution in [0.5, 0.6) is 0 Å². The Morgan fingerprint density at radius 3 is 2.41 bits per heavy atom. The first kappa shape index (κ1) is 12.1. The van der Waals surface area contributed by atoms with Gasteiger partial charge in [0.2, 0.25) is 0 Å². The van der Waals surface area contributed by atoms with Gasteiger partial charge in [-0.1, -0.05) is 36.8 Å². The predicted octanol–water partition coefficient (Wildman–Crippen LogP) is 2.39. The fourth-order valence-corrected chi connectivity index (χ4v) is 2.42. The van der Waals surface area contributed by atoms with Crippen LogP contribution in [0.3, 0.4) is 0 Å². The molecule has 17 heavy (non-hydrogen) atoms. The van der Waals surface area contributed by atoms with E-state index >= 15 is 0 Å². The molecule has 1 aliphatic heterocycles. The lowest BCUT2D eigenvalue weighted by Gasteiger charge is -2.32. The highest BCUT2D eigenvalue weighted by molar-refractivity contribution is 5.77. The maximum absolute atomic E-state index is 11.9. The van der Waals surface area contributed by atoms with Gasteiger partial charge in [0.15, 0.2) is 0 Å². The van der Waals surface area contributed by atoms with E-state index in [2.05, 4.69) is 4.90 Å². The van der Waals surface area contributed by atoms with E-state index in [1.165, 1.54) is 26.4 Å². The Kier molecular flexibility index (Phi) is 4.15. The molecule has 0 spiro atoms. The molecule has 0 radical (unpaired) electrons. The average molecular weight is 233 g/mol. The number of carbonyl (C=O) groups excluding carboxylic acids is 1. The summed E-state index contributed by atoms with van der Waals surface area (Å²) >= 11 is 0. The third kappa shape index (κ3) is 2.86. The Labute approximate surface area is 102 Å². The fourth-order valence-electron chi connectivity index (χ4n) is 2.42. The van der Waals surface area contributed by atoms with Crippen LogP contribution in [0.15, 0.2) is 30.3 Å². The maximum Gasteiger partial charge on any atom is 0.327 e. The Morgan fingerprint density at radius 2 is 1.82 bits per heavy atom. The van der Waals surface area contributed by atoms with Crippen LogP contribution in [-0.4, -0.2) is 31.1 Å². The first-order chi connectivity index (χ1) is 8.33. The highest BCUT2D eigenvalue weighted by atomic mass is 16.5. The van der Waals surface area contributed by atoms with Crippen molar-refractivity contribution < 1.29 is 9.53 Å². The molecular weight excluding hydrogens is 214 g/mol. The number of hydrogen-bond acceptors (Lipinski definition) is 3. The quantitative estimate of drug-likeness (QED) is 0.751. The summed E-state index contributed by atoms with van der Waals surface area (Å²) in [6.07, 6.45) is 3.60. The van der Waals surface area contributed by atoms with Crippen molar-refractivity contribution in [2.24, 2.45) is 0 Å². The monoisotopic (exact) mass is 233 g/mol. The summed E-state index contributed by atoms with van der Waals surface area (Å²) in [5.74, 6) is -0.155. The van der Waals surface area contributed by atoms with Gasteiger partial charge in [0, 0.05) is 0 Å². The van der Waals surface area contributed by atoms with Crippen LogP contribution in [0.2, 0.25) is 0 Å². The average Bonchev–Trinajstić information content (AvgIpc) is 2.41. The number of benzene rings is 1. The van der Waals surface area contributed by atoms with E-state index < -0.39 is 0 Å². The van der Waals surface area contributed by atoms with Gasteiger partial charge in [-0.15, -0.1) is 0 Å². The minimum absolute atomic E-state index is 0.155. The molecule has 3 nitrogen and oxygen atoms in total. The molecule has 1 aromatic rings. The molecule has 0 aromatic heterocycles. The molecule has 0 aliphatic carbocycles. The van der Waals surface area contributed by atoms with Gasteiger partial charge < -0.3 is 4.74 Å². The summed E-state index contributed by atoms with van der Waals surface area (Å²) in [6, 6.07) is 9.66. The normalized spacial score (nSPS) is 18.6. The van der Waals surface area contributed by atoms with Crippen molar-refractivity contribution in [1.82, 2.24) is 4.90 Å². The largest absolute Gasteiger partial charge is 0.468 e. The van der Waals surface area contributed by atoms with E-state index in [4.69, 9.17) is 4.74 Å². The van der Waals surface area contributed by atoms with Crippen LogP contribution in [0, 0.1) is 0 Å². The Bertz CT molecular complexity index is 358. The maximum atomic E-state index is 11.9. The van der Waals surface area contributed by atoms with E-state index in [-0.39, 0.29) is 12.0 Å². The lowest BCUT2D eigenvalue weighted by Crippen LogP contribution is -2.38. The molecule has 0 saturated carbocycles. The van der Waals surface area contributed by atoms with Gasteiger partial charge in [0.05, 0.1) is 7.11 Å². The highest BCUT2D eigenvalue weighted by Gasteiger charge is 2.29. The van der Waals surface area contributed by atoms with Gasteiger partial charge in [-0.05, 0) is 31.5 Å². The first-order valence-corrected chi connectivity index (χ1v) is 6.20. The smallest absolute Gasteiger partial charge is 0.327 e. The molecule has 1 fully saturated rings. The Balaban J connectivity index is 2.21. The van der Waals surface area contributed by atoms with Crippen molar-refractivity contribution in [2.45, 2.75) is 25.3 Å². The van der Waals surface area contributed by atoms with Crippen LogP contribution in [0.1, 0.15) is 30.9 Å². The highest BCUT2D eigenvalue weighted by Crippen LogP contribution is 2.25. The van der Waals surface area contributed by atoms with E-state index in [0.29, 0.717) is 0 Å². The van der Waals surface area contributed by atoms with Crippen LogP contribution in [0.25, 0.3) is 0 Å². The molecule has 1 saturated heterocycles. The summed E-state index contributed by atoms with van der Waals surface area (Å²) in [4.78, 5) is 14.2. The molecule has 0 bridgehead atoms. The summed E-state index contributed by atoms with van der Waals surface area (Å²) in [6.45, 7) is 1.96. The second kappa shape index (κ2) is 5.82. The van der Waals surface area contributed by atoms with Crippen molar-refractivity contribution in [3.05, 3.63) is 35.9 Å². The van der Waals surface area contributed by atoms with E-state index in [0.717, 1.165) is 18.7 Å². The number of nitrogens with zero attached hydrogens (tertiary/aromatic N) is 1. The number of rotatable bonds is 3. The lowest BCUT2D eigenvalue weighted by atomic mass is 10.0. The van der Waals surface area contributed by atoms with Crippen LogP contribution in [0.4, 0.5) is 0 Å². The standard InChI is InChI=1S/C14H19NO2/c1-17-14(16)13(12-8-4-2-5-9-12)15-10-6-3-7-11-15/h2,4-5,8-9,13H,3,6-7,10-11H2,1H3. The van der Waals surface area contributed by atoms with E-state index in [9.17, 15) is 4.79 Å². The zero-order valence-electron chi connectivity index (χ0n) is 10.3. The lowest BCUT2D eigenvalue weighted by molar-refractivity contribution is -0.147. The van der Waals surface area contributed by atoms with Gasteiger partial charge in [0.25, 0.3) is 0 Å². The molecule has 1 heterocycles. The van der Waals surface area contributed by atoms with E-state index in [1.807, 2.05) is 30.3 Å². The van der Waals surface area contributed by atoms with E-state index in [1.54, 1.807) is 0 Å². The summed E-state index contributed by atoms with van der Waals surface area (Å²) in [7, 11) is 1.46. The van der Waals surface area contributed by atoms with Crippen LogP contribution >= 0.6 is 0 Å². The SMILES string of the molecule is COC(=O)C(c1ccccc1)N1CCCCC1. The topological polar surface area (TPSA) is 29.5 Å². The summed E-state index contributed by atoms with van der Waals surface area (Å²) in [5, 5.41) is 0. The molecule has 1 atom stereocenters. The predicted molar refractivity (Wildman–Crippen MR) is 66.6 cm³/mol. The summed E-state index contributed by atoms with van der Waals surface area (Å²) in [5.41, 5.74) is 1.03. The van der Waals surface area contributed by atoms with Gasteiger partial charge in [0.1, 0.15) is 6.04 Å². The van der Waals surface area contributed by atoms with Crippen molar-refractivity contribution in [2.75, 3.05) is 20.2 Å². The molecule has 2 rings (SSSR count). The van der Waals surface area contributed by atoms with Gasteiger partial charge in [-0.2, -0.15) is 0 Å². The Hall–Kier alpha value is -1.35. The van der Waals surface area contributed by atoms with Gasteiger partial charge >= 0.3 is 5.97 Å². The third-order valence-corrected chi connectivity index (χ3v) is 3.30. The van der Waals surface area contributed by atoms with Crippen molar-refractivity contribution >= 4 is 5.97 Å². The number of methoxy groups -OCH3 is 1. The molecule has 1 unspecified atom stereocenters. The molecule has 3 heteroatoms. The Morgan fingerprint density at radius 1 is 1.18 bits per heavy atom. The zero-order chi connectivity index (χ0) is 12.1. The second-order valence-corrected chi connectivity index (χ2v) is 4.43. The van der Waals surface area contributed by atoms with Crippen molar-refractivity contribution in [3.8, 4) is 0 Å². The number of likely N-dealkylation sites (tertiary alicyclic amines) is 1. The number of piperidine rings is 1. The second-order valence-electron chi connectivity index (χ2n) is 4.43. The van der Waals surface area contributed by atoms with Crippen molar-refractivity contribution in [3.63, 3.8) is 0 Å². The number of esters is 1. The van der Waals surface area contributed by atoms with Crippen LogP contribution < -0.4 is 0 Å². The number of carbonyl (C=O) groups is 1. The molecule has 0 amide bonds. The van der Waals surface area contributed by atoms with Gasteiger partial charge in [-0.25, -0.2) is 4.79 Å². The molecule has 1 aromatic carbocycles. The number of ether oxygens (including phenoxy) is 1. The third-order valence-electron chi connectivity index (χ3n) is 3.30. The minimum atomic E-state index is -0.235. The minimum Gasteiger partial charge on any atom is -0.468 e. The molecule has 92 valence electrons. The first-order valence-electron chi connectivity index (χ1n) is 6.20. The molecule has 1 aliphatic rings. The number of hydrogen-bond donors (Lipinski definition) is 0. The summed E-state index contributed by atoms with van der Waals surface area (Å²) < 4.78 is 4.94. The molecule has 0 N–H and O–H groups in total. The van der Waals surface area contributed by atoms with Crippen molar-refractivity contribution in [1.29, 1.82) is 0 Å².